The highest BCUT2D eigenvalue weighted by molar-refractivity contribution is 6.31. The van der Waals surface area contributed by atoms with E-state index in [4.69, 9.17) is 25.8 Å². The number of aliphatic hydroxyl groups excluding tert-OH is 2. The van der Waals surface area contributed by atoms with E-state index in [9.17, 15) is 10.2 Å². The summed E-state index contributed by atoms with van der Waals surface area (Å²) in [6, 6.07) is 14.3. The summed E-state index contributed by atoms with van der Waals surface area (Å²) in [5.41, 5.74) is 4.25. The van der Waals surface area contributed by atoms with Crippen LogP contribution in [0.25, 0.3) is 0 Å². The third kappa shape index (κ3) is 5.90. The van der Waals surface area contributed by atoms with Gasteiger partial charge in [0, 0.05) is 37.1 Å². The van der Waals surface area contributed by atoms with Crippen LogP contribution in [-0.2, 0) is 32.8 Å². The van der Waals surface area contributed by atoms with Crippen molar-refractivity contribution in [3.63, 3.8) is 0 Å². The fraction of sp³-hybridized carbons (Fsp3) is 0.538. The SMILES string of the molecule is COC1(c2ccc(Cl)c(Cc3ccc(CCCOC4CC4)cc3)c2)CC(O)CC(CO)O1. The molecule has 0 bridgehead atoms. The molecule has 0 radical (unpaired) electrons. The van der Waals surface area contributed by atoms with E-state index in [1.54, 1.807) is 7.11 Å². The van der Waals surface area contributed by atoms with Gasteiger partial charge in [0.15, 0.2) is 5.79 Å². The summed E-state index contributed by atoms with van der Waals surface area (Å²) in [7, 11) is 1.56. The van der Waals surface area contributed by atoms with Crippen LogP contribution in [0.1, 0.15) is 54.4 Å². The zero-order valence-electron chi connectivity index (χ0n) is 18.6. The first-order valence-corrected chi connectivity index (χ1v) is 11.9. The molecule has 0 spiro atoms. The molecule has 32 heavy (non-hydrogen) atoms. The first-order valence-electron chi connectivity index (χ1n) is 11.5. The third-order valence-corrected chi connectivity index (χ3v) is 6.69. The minimum Gasteiger partial charge on any atom is -0.394 e. The second-order valence-corrected chi connectivity index (χ2v) is 9.35. The van der Waals surface area contributed by atoms with Gasteiger partial charge in [-0.3, -0.25) is 0 Å². The third-order valence-electron chi connectivity index (χ3n) is 6.32. The van der Waals surface area contributed by atoms with Crippen LogP contribution in [0.2, 0.25) is 5.02 Å². The molecule has 2 aromatic carbocycles. The largest absolute Gasteiger partial charge is 0.394 e. The number of ether oxygens (including phenoxy) is 3. The summed E-state index contributed by atoms with van der Waals surface area (Å²) < 4.78 is 17.5. The molecule has 2 aromatic rings. The van der Waals surface area contributed by atoms with Gasteiger partial charge in [-0.25, -0.2) is 0 Å². The van der Waals surface area contributed by atoms with Crippen molar-refractivity contribution < 1.29 is 24.4 Å². The van der Waals surface area contributed by atoms with Crippen LogP contribution in [-0.4, -0.2) is 48.8 Å². The molecule has 2 N–H and O–H groups in total. The number of hydrogen-bond acceptors (Lipinski definition) is 5. The van der Waals surface area contributed by atoms with Gasteiger partial charge >= 0.3 is 0 Å². The van der Waals surface area contributed by atoms with Gasteiger partial charge in [-0.05, 0) is 60.9 Å². The number of aryl methyl sites for hydroxylation is 1. The van der Waals surface area contributed by atoms with Crippen LogP contribution < -0.4 is 0 Å². The molecule has 1 heterocycles. The molecule has 3 atom stereocenters. The quantitative estimate of drug-likeness (QED) is 0.515. The van der Waals surface area contributed by atoms with Gasteiger partial charge in [-0.1, -0.05) is 41.9 Å². The Bertz CT molecular complexity index is 882. The molecule has 3 unspecified atom stereocenters. The summed E-state index contributed by atoms with van der Waals surface area (Å²) in [6.45, 7) is 0.672. The van der Waals surface area contributed by atoms with E-state index in [0.717, 1.165) is 30.6 Å². The van der Waals surface area contributed by atoms with Crippen LogP contribution >= 0.6 is 11.6 Å². The summed E-state index contributed by atoms with van der Waals surface area (Å²) in [5.74, 6) is -1.10. The molecule has 1 aliphatic heterocycles. The fourth-order valence-corrected chi connectivity index (χ4v) is 4.55. The van der Waals surface area contributed by atoms with Crippen molar-refractivity contribution in [1.82, 2.24) is 0 Å². The average Bonchev–Trinajstić information content (AvgIpc) is 3.63. The maximum atomic E-state index is 10.3. The van der Waals surface area contributed by atoms with E-state index in [1.807, 2.05) is 18.2 Å². The van der Waals surface area contributed by atoms with Gasteiger partial charge in [0.1, 0.15) is 0 Å². The van der Waals surface area contributed by atoms with Crippen LogP contribution in [0.4, 0.5) is 0 Å². The van der Waals surface area contributed by atoms with E-state index in [1.165, 1.54) is 24.0 Å². The second-order valence-electron chi connectivity index (χ2n) is 8.95. The Kier molecular flexibility index (Phi) is 7.87. The predicted octanol–water partition coefficient (Wildman–Crippen LogP) is 4.37. The summed E-state index contributed by atoms with van der Waals surface area (Å²) >= 11 is 6.52. The summed E-state index contributed by atoms with van der Waals surface area (Å²) in [4.78, 5) is 0. The Labute approximate surface area is 195 Å². The smallest absolute Gasteiger partial charge is 0.197 e. The van der Waals surface area contributed by atoms with Crippen molar-refractivity contribution in [3.8, 4) is 0 Å². The minimum atomic E-state index is -1.10. The monoisotopic (exact) mass is 460 g/mol. The summed E-state index contributed by atoms with van der Waals surface area (Å²) in [6.07, 6.45) is 5.32. The first-order chi connectivity index (χ1) is 15.5. The molecule has 6 heteroatoms. The van der Waals surface area contributed by atoms with Crippen LogP contribution in [0.5, 0.6) is 0 Å². The van der Waals surface area contributed by atoms with Crippen molar-refractivity contribution >= 4 is 11.6 Å². The van der Waals surface area contributed by atoms with Crippen molar-refractivity contribution in [2.75, 3.05) is 20.3 Å². The van der Waals surface area contributed by atoms with E-state index >= 15 is 0 Å². The lowest BCUT2D eigenvalue weighted by Crippen LogP contribution is -2.46. The number of benzene rings is 2. The van der Waals surface area contributed by atoms with Crippen molar-refractivity contribution in [3.05, 3.63) is 69.7 Å². The highest BCUT2D eigenvalue weighted by Crippen LogP contribution is 2.40. The fourth-order valence-electron chi connectivity index (χ4n) is 4.36. The molecule has 5 nitrogen and oxygen atoms in total. The van der Waals surface area contributed by atoms with Crippen LogP contribution in [0.3, 0.4) is 0 Å². The molecule has 1 aliphatic carbocycles. The zero-order chi connectivity index (χ0) is 22.6. The van der Waals surface area contributed by atoms with Gasteiger partial charge < -0.3 is 24.4 Å². The molecular weight excluding hydrogens is 428 g/mol. The maximum Gasteiger partial charge on any atom is 0.197 e. The maximum absolute atomic E-state index is 10.3. The van der Waals surface area contributed by atoms with E-state index in [2.05, 4.69) is 24.3 Å². The van der Waals surface area contributed by atoms with Gasteiger partial charge in [0.25, 0.3) is 0 Å². The highest BCUT2D eigenvalue weighted by atomic mass is 35.5. The van der Waals surface area contributed by atoms with Gasteiger partial charge in [-0.2, -0.15) is 0 Å². The van der Waals surface area contributed by atoms with Gasteiger partial charge in [-0.15, -0.1) is 0 Å². The highest BCUT2D eigenvalue weighted by Gasteiger charge is 2.43. The van der Waals surface area contributed by atoms with Gasteiger partial charge in [0.05, 0.1) is 24.9 Å². The Morgan fingerprint density at radius 3 is 2.56 bits per heavy atom. The number of hydrogen-bond donors (Lipinski definition) is 2. The van der Waals surface area contributed by atoms with Crippen LogP contribution in [0.15, 0.2) is 42.5 Å². The average molecular weight is 461 g/mol. The van der Waals surface area contributed by atoms with E-state index in [0.29, 0.717) is 30.4 Å². The Hall–Kier alpha value is -1.47. The molecule has 2 fully saturated rings. The minimum absolute atomic E-state index is 0.165. The second kappa shape index (κ2) is 10.6. The Morgan fingerprint density at radius 1 is 1.12 bits per heavy atom. The number of halogens is 1. The Morgan fingerprint density at radius 2 is 1.88 bits per heavy atom. The lowest BCUT2D eigenvalue weighted by molar-refractivity contribution is -0.298. The molecule has 4 rings (SSSR count). The van der Waals surface area contributed by atoms with Crippen molar-refractivity contribution in [2.45, 2.75) is 69.0 Å². The lowest BCUT2D eigenvalue weighted by atomic mass is 9.91. The van der Waals surface area contributed by atoms with Crippen molar-refractivity contribution in [1.29, 1.82) is 0 Å². The molecular formula is C26H33ClO5. The molecule has 2 aliphatic rings. The van der Waals surface area contributed by atoms with E-state index in [-0.39, 0.29) is 6.61 Å². The number of methoxy groups -OCH3 is 1. The Balaban J connectivity index is 1.44. The molecule has 174 valence electrons. The molecule has 0 amide bonds. The molecule has 0 aromatic heterocycles. The summed E-state index contributed by atoms with van der Waals surface area (Å²) in [5, 5.41) is 20.6. The first kappa shape index (κ1) is 23.7. The normalized spacial score (nSPS) is 25.8. The number of rotatable bonds is 10. The molecule has 1 saturated heterocycles. The molecule has 1 saturated carbocycles. The zero-order valence-corrected chi connectivity index (χ0v) is 19.4. The lowest BCUT2D eigenvalue weighted by Gasteiger charge is -2.42. The van der Waals surface area contributed by atoms with Gasteiger partial charge in [0.2, 0.25) is 0 Å². The predicted molar refractivity (Wildman–Crippen MR) is 124 cm³/mol. The van der Waals surface area contributed by atoms with Crippen LogP contribution in [0, 0.1) is 0 Å². The number of aliphatic hydroxyl groups is 2. The van der Waals surface area contributed by atoms with E-state index < -0.39 is 18.0 Å². The topological polar surface area (TPSA) is 68.2 Å². The standard InChI is InChI=1S/C26H33ClO5/c1-30-26(16-22(29)15-24(17-28)32-26)21-8-11-25(27)20(14-21)13-19-6-4-18(5-7-19)3-2-12-31-23-9-10-23/h4-8,11,14,22-24,28-29H,2-3,9-10,12-13,15-17H2,1H3. The van der Waals surface area contributed by atoms with Crippen molar-refractivity contribution in [2.24, 2.45) is 0 Å².